The average Bonchev–Trinajstić information content (AvgIpc) is 3.40. The molecule has 2 aromatic heterocycles. The predicted molar refractivity (Wildman–Crippen MR) is 94.6 cm³/mol. The highest BCUT2D eigenvalue weighted by atomic mass is 16.5. The van der Waals surface area contributed by atoms with Crippen LogP contribution in [0.3, 0.4) is 0 Å². The molecule has 2 aliphatic heterocycles. The summed E-state index contributed by atoms with van der Waals surface area (Å²) in [5.41, 5.74) is 1.92. The molecule has 4 rings (SSSR count). The van der Waals surface area contributed by atoms with Crippen molar-refractivity contribution in [1.29, 1.82) is 0 Å². The molecule has 2 aliphatic rings. The van der Waals surface area contributed by atoms with Crippen LogP contribution < -0.4 is 0 Å². The zero-order valence-electron chi connectivity index (χ0n) is 15.1. The monoisotopic (exact) mass is 356 g/mol. The second-order valence-corrected chi connectivity index (χ2v) is 7.00. The van der Waals surface area contributed by atoms with Crippen molar-refractivity contribution in [2.45, 2.75) is 44.4 Å². The highest BCUT2D eigenvalue weighted by Gasteiger charge is 2.27. The molecule has 26 heavy (non-hydrogen) atoms. The molecule has 0 bridgehead atoms. The van der Waals surface area contributed by atoms with Crippen LogP contribution in [-0.4, -0.2) is 52.2 Å². The van der Waals surface area contributed by atoms with Crippen LogP contribution in [0.4, 0.5) is 0 Å². The second kappa shape index (κ2) is 7.53. The van der Waals surface area contributed by atoms with E-state index in [0.717, 1.165) is 51.4 Å². The fourth-order valence-electron chi connectivity index (χ4n) is 3.73. The molecule has 0 aliphatic carbocycles. The molecular formula is C19H24N4O3. The normalized spacial score (nSPS) is 21.3. The maximum Gasteiger partial charge on any atom is 0.276 e. The topological polar surface area (TPSA) is 81.4 Å². The third-order valence-corrected chi connectivity index (χ3v) is 5.36. The molecule has 4 heterocycles. The van der Waals surface area contributed by atoms with Crippen LogP contribution in [0.15, 0.2) is 22.9 Å². The Labute approximate surface area is 152 Å². The van der Waals surface area contributed by atoms with Gasteiger partial charge in [-0.3, -0.25) is 9.78 Å². The first kappa shape index (κ1) is 17.1. The van der Waals surface area contributed by atoms with Crippen LogP contribution in [0.1, 0.15) is 55.8 Å². The van der Waals surface area contributed by atoms with Crippen LogP contribution >= 0.6 is 0 Å². The van der Waals surface area contributed by atoms with Crippen LogP contribution in [0, 0.1) is 0 Å². The summed E-state index contributed by atoms with van der Waals surface area (Å²) >= 11 is 0. The van der Waals surface area contributed by atoms with Gasteiger partial charge < -0.3 is 14.2 Å². The number of amides is 1. The van der Waals surface area contributed by atoms with Gasteiger partial charge in [-0.15, -0.1) is 0 Å². The van der Waals surface area contributed by atoms with Gasteiger partial charge in [0, 0.05) is 44.1 Å². The van der Waals surface area contributed by atoms with Gasteiger partial charge in [0.05, 0.1) is 6.61 Å². The smallest absolute Gasteiger partial charge is 0.276 e. The number of carbonyl (C=O) groups is 1. The van der Waals surface area contributed by atoms with Gasteiger partial charge in [0.1, 0.15) is 5.69 Å². The van der Waals surface area contributed by atoms with Crippen LogP contribution in [-0.2, 0) is 9.53 Å². The van der Waals surface area contributed by atoms with Gasteiger partial charge in [-0.1, -0.05) is 12.1 Å². The highest BCUT2D eigenvalue weighted by molar-refractivity contribution is 5.75. The quantitative estimate of drug-likeness (QED) is 0.838. The van der Waals surface area contributed by atoms with Gasteiger partial charge in [-0.25, -0.2) is 0 Å². The molecule has 0 radical (unpaired) electrons. The summed E-state index contributed by atoms with van der Waals surface area (Å²) in [5, 5.41) is 4.18. The van der Waals surface area contributed by atoms with Crippen molar-refractivity contribution in [2.75, 3.05) is 26.3 Å². The number of likely N-dealkylation sites (tertiary alicyclic amines) is 1. The second-order valence-electron chi connectivity index (χ2n) is 7.00. The first-order chi connectivity index (χ1) is 12.7. The molecule has 7 nitrogen and oxygen atoms in total. The third kappa shape index (κ3) is 3.49. The Hall–Kier alpha value is -2.28. The Morgan fingerprint density at radius 2 is 2.12 bits per heavy atom. The maximum absolute atomic E-state index is 11.8. The van der Waals surface area contributed by atoms with Crippen molar-refractivity contribution in [3.8, 4) is 11.6 Å². The maximum atomic E-state index is 11.8. The zero-order chi connectivity index (χ0) is 17.9. The molecule has 1 atom stereocenters. The molecule has 1 unspecified atom stereocenters. The van der Waals surface area contributed by atoms with Crippen molar-refractivity contribution in [2.24, 2.45) is 0 Å². The number of rotatable bonds is 4. The van der Waals surface area contributed by atoms with Crippen LogP contribution in [0.25, 0.3) is 11.6 Å². The summed E-state index contributed by atoms with van der Waals surface area (Å²) in [4.78, 5) is 22.7. The first-order valence-electron chi connectivity index (χ1n) is 9.40. The summed E-state index contributed by atoms with van der Waals surface area (Å²) in [6.45, 7) is 4.99. The minimum absolute atomic E-state index is 0.217. The summed E-state index contributed by atoms with van der Waals surface area (Å²) in [6, 6.07) is 4.06. The largest absolute Gasteiger partial charge is 0.381 e. The molecule has 0 spiro atoms. The summed E-state index contributed by atoms with van der Waals surface area (Å²) < 4.78 is 11.0. The molecule has 0 saturated carbocycles. The van der Waals surface area contributed by atoms with Crippen molar-refractivity contribution in [3.63, 3.8) is 0 Å². The van der Waals surface area contributed by atoms with Gasteiger partial charge in [0.25, 0.3) is 5.89 Å². The molecule has 2 fully saturated rings. The lowest BCUT2D eigenvalue weighted by atomic mass is 9.96. The number of pyridine rings is 1. The van der Waals surface area contributed by atoms with E-state index in [1.54, 1.807) is 6.20 Å². The molecule has 0 aromatic carbocycles. The van der Waals surface area contributed by atoms with Crippen molar-refractivity contribution >= 4 is 5.91 Å². The molecule has 0 N–H and O–H groups in total. The Kier molecular flexibility index (Phi) is 4.97. The van der Waals surface area contributed by atoms with Crippen LogP contribution in [0.2, 0.25) is 0 Å². The van der Waals surface area contributed by atoms with E-state index in [2.05, 4.69) is 15.1 Å². The van der Waals surface area contributed by atoms with E-state index in [4.69, 9.17) is 9.26 Å². The lowest BCUT2D eigenvalue weighted by Crippen LogP contribution is -2.37. The van der Waals surface area contributed by atoms with Crippen LogP contribution in [0.5, 0.6) is 0 Å². The molecule has 1 amide bonds. The van der Waals surface area contributed by atoms with E-state index in [9.17, 15) is 4.79 Å². The molecule has 2 aromatic rings. The highest BCUT2D eigenvalue weighted by Crippen LogP contribution is 2.30. The van der Waals surface area contributed by atoms with Gasteiger partial charge in [-0.2, -0.15) is 4.98 Å². The number of hydrogen-bond donors (Lipinski definition) is 0. The minimum atomic E-state index is 0.217. The SMILES string of the molecule is CCC(=O)N1CCC(c2noc(-c3cc(C4CCOC4)ccn3)n2)CC1. The lowest BCUT2D eigenvalue weighted by Gasteiger charge is -2.30. The van der Waals surface area contributed by atoms with E-state index in [1.165, 1.54) is 5.56 Å². The number of ether oxygens (including phenoxy) is 1. The fraction of sp³-hybridized carbons (Fsp3) is 0.579. The van der Waals surface area contributed by atoms with E-state index >= 15 is 0 Å². The Balaban J connectivity index is 1.45. The summed E-state index contributed by atoms with van der Waals surface area (Å²) in [7, 11) is 0. The van der Waals surface area contributed by atoms with E-state index in [0.29, 0.717) is 23.9 Å². The number of carbonyl (C=O) groups excluding carboxylic acids is 1. The van der Waals surface area contributed by atoms with Gasteiger partial charge in [-0.05, 0) is 37.0 Å². The molecule has 138 valence electrons. The van der Waals surface area contributed by atoms with Crippen molar-refractivity contribution in [3.05, 3.63) is 29.7 Å². The third-order valence-electron chi connectivity index (χ3n) is 5.36. The molecular weight excluding hydrogens is 332 g/mol. The van der Waals surface area contributed by atoms with Gasteiger partial charge in [0.2, 0.25) is 5.91 Å². The molecule has 2 saturated heterocycles. The Bertz CT molecular complexity index is 762. The summed E-state index contributed by atoms with van der Waals surface area (Å²) in [6.07, 6.45) is 5.13. The number of hydrogen-bond acceptors (Lipinski definition) is 6. The minimum Gasteiger partial charge on any atom is -0.381 e. The Morgan fingerprint density at radius 3 is 2.85 bits per heavy atom. The molecule has 7 heteroatoms. The summed E-state index contributed by atoms with van der Waals surface area (Å²) in [5.74, 6) is 2.06. The zero-order valence-corrected chi connectivity index (χ0v) is 15.1. The standard InChI is InChI=1S/C19H24N4O3/c1-2-17(24)23-8-4-13(5-9-23)18-21-19(26-22-18)16-11-14(3-7-20-16)15-6-10-25-12-15/h3,7,11,13,15H,2,4-6,8-10,12H2,1H3. The number of nitrogens with zero attached hydrogens (tertiary/aromatic N) is 4. The van der Waals surface area contributed by atoms with Crippen molar-refractivity contribution < 1.29 is 14.1 Å². The fourth-order valence-corrected chi connectivity index (χ4v) is 3.73. The Morgan fingerprint density at radius 1 is 1.27 bits per heavy atom. The van der Waals surface area contributed by atoms with Crippen molar-refractivity contribution in [1.82, 2.24) is 20.0 Å². The lowest BCUT2D eigenvalue weighted by molar-refractivity contribution is -0.131. The van der Waals surface area contributed by atoms with Gasteiger partial charge in [0.15, 0.2) is 5.82 Å². The first-order valence-corrected chi connectivity index (χ1v) is 9.40. The van der Waals surface area contributed by atoms with E-state index in [-0.39, 0.29) is 11.8 Å². The number of piperidine rings is 1. The van der Waals surface area contributed by atoms with Gasteiger partial charge >= 0.3 is 0 Å². The van der Waals surface area contributed by atoms with E-state index in [1.807, 2.05) is 24.0 Å². The predicted octanol–water partition coefficient (Wildman–Crippen LogP) is 2.75. The van der Waals surface area contributed by atoms with E-state index < -0.39 is 0 Å². The average molecular weight is 356 g/mol. The number of aromatic nitrogens is 3.